The highest BCUT2D eigenvalue weighted by Gasteiger charge is 2.29. The number of halogens is 1. The summed E-state index contributed by atoms with van der Waals surface area (Å²) in [6.45, 7) is 6.15. The minimum Gasteiger partial charge on any atom is -0.493 e. The highest BCUT2D eigenvalue weighted by atomic mass is 35.5. The van der Waals surface area contributed by atoms with Crippen molar-refractivity contribution in [3.05, 3.63) is 82.9 Å². The largest absolute Gasteiger partial charge is 0.493 e. The van der Waals surface area contributed by atoms with Gasteiger partial charge in [-0.25, -0.2) is 4.79 Å². The summed E-state index contributed by atoms with van der Waals surface area (Å²) in [5.41, 5.74) is 2.25. The molecule has 1 amide bonds. The smallest absolute Gasteiger partial charge is 0.347 e. The monoisotopic (exact) mass is 509 g/mol. The number of ether oxygens (including phenoxy) is 2. The van der Waals surface area contributed by atoms with Gasteiger partial charge in [0.25, 0.3) is 5.91 Å². The van der Waals surface area contributed by atoms with Crippen LogP contribution in [0.4, 0.5) is 0 Å². The average molecular weight is 510 g/mol. The molecule has 3 aromatic rings. The summed E-state index contributed by atoms with van der Waals surface area (Å²) in [5, 5.41) is 12.7. The Hall–Kier alpha value is -3.51. The van der Waals surface area contributed by atoms with Crippen LogP contribution in [-0.2, 0) is 11.2 Å². The molecule has 0 aromatic heterocycles. The van der Waals surface area contributed by atoms with Gasteiger partial charge in [0.2, 0.25) is 0 Å². The molecule has 0 unspecified atom stereocenters. The predicted molar refractivity (Wildman–Crippen MR) is 142 cm³/mol. The second-order valence-corrected chi connectivity index (χ2v) is 9.42. The summed E-state index contributed by atoms with van der Waals surface area (Å²) in [6, 6.07) is 20.5. The molecule has 0 spiro atoms. The van der Waals surface area contributed by atoms with Gasteiger partial charge in [0, 0.05) is 11.6 Å². The fourth-order valence-electron chi connectivity index (χ4n) is 3.47. The first-order valence-corrected chi connectivity index (χ1v) is 12.4. The molecule has 0 aliphatic rings. The van der Waals surface area contributed by atoms with Crippen LogP contribution >= 0.6 is 11.6 Å². The van der Waals surface area contributed by atoms with E-state index in [9.17, 15) is 14.7 Å². The SMILES string of the molecule is CCCCOc1ccc(Cl)cc1C(=O)NCCc1ccc(-c2ccc(OC(C)(C)C(=O)O)cc2)cc1. The molecule has 0 bridgehead atoms. The van der Waals surface area contributed by atoms with Crippen molar-refractivity contribution in [2.75, 3.05) is 13.2 Å². The Labute approximate surface area is 217 Å². The van der Waals surface area contributed by atoms with Gasteiger partial charge in [-0.3, -0.25) is 4.79 Å². The number of hydrogen-bond acceptors (Lipinski definition) is 4. The molecular weight excluding hydrogens is 478 g/mol. The molecule has 0 radical (unpaired) electrons. The second kappa shape index (κ2) is 12.5. The second-order valence-electron chi connectivity index (χ2n) is 8.99. The van der Waals surface area contributed by atoms with E-state index in [2.05, 4.69) is 12.2 Å². The molecule has 0 saturated heterocycles. The molecule has 0 saturated carbocycles. The van der Waals surface area contributed by atoms with Crippen LogP contribution in [0.1, 0.15) is 49.5 Å². The first-order chi connectivity index (χ1) is 17.2. The lowest BCUT2D eigenvalue weighted by Gasteiger charge is -2.21. The third kappa shape index (κ3) is 7.49. The lowest BCUT2D eigenvalue weighted by Crippen LogP contribution is -2.37. The third-order valence-corrected chi connectivity index (χ3v) is 5.91. The fourth-order valence-corrected chi connectivity index (χ4v) is 3.64. The van der Waals surface area contributed by atoms with E-state index in [4.69, 9.17) is 21.1 Å². The van der Waals surface area contributed by atoms with Gasteiger partial charge in [0.1, 0.15) is 11.5 Å². The molecule has 0 aliphatic heterocycles. The van der Waals surface area contributed by atoms with Crippen LogP contribution in [0, 0.1) is 0 Å². The van der Waals surface area contributed by atoms with E-state index in [1.807, 2.05) is 36.4 Å². The number of carbonyl (C=O) groups excluding carboxylic acids is 1. The van der Waals surface area contributed by atoms with Crippen molar-refractivity contribution in [1.82, 2.24) is 5.32 Å². The van der Waals surface area contributed by atoms with Crippen molar-refractivity contribution in [3.63, 3.8) is 0 Å². The Bertz CT molecular complexity index is 1170. The topological polar surface area (TPSA) is 84.9 Å². The van der Waals surface area contributed by atoms with Gasteiger partial charge in [-0.2, -0.15) is 0 Å². The standard InChI is InChI=1S/C29H32ClNO5/c1-4-5-18-35-26-15-12-23(30)19-25(26)27(32)31-17-16-20-6-8-21(9-7-20)22-10-13-24(14-11-22)36-29(2,3)28(33)34/h6-15,19H,4-5,16-18H2,1-3H3,(H,31,32)(H,33,34). The van der Waals surface area contributed by atoms with Crippen molar-refractivity contribution in [3.8, 4) is 22.6 Å². The van der Waals surface area contributed by atoms with Gasteiger partial charge in [-0.05, 0) is 73.7 Å². The number of carboxylic acids is 1. The molecule has 6 nitrogen and oxygen atoms in total. The molecule has 7 heteroatoms. The van der Waals surface area contributed by atoms with E-state index in [-0.39, 0.29) is 5.91 Å². The minimum atomic E-state index is -1.30. The Morgan fingerprint density at radius 1 is 0.972 bits per heavy atom. The summed E-state index contributed by atoms with van der Waals surface area (Å²) >= 11 is 6.10. The number of benzene rings is 3. The molecule has 36 heavy (non-hydrogen) atoms. The van der Waals surface area contributed by atoms with Gasteiger partial charge < -0.3 is 19.9 Å². The summed E-state index contributed by atoms with van der Waals surface area (Å²) in [5.74, 6) is -0.199. The molecule has 3 rings (SSSR count). The molecule has 2 N–H and O–H groups in total. The number of aliphatic carboxylic acids is 1. The lowest BCUT2D eigenvalue weighted by atomic mass is 10.0. The van der Waals surface area contributed by atoms with Gasteiger partial charge in [0.05, 0.1) is 12.2 Å². The van der Waals surface area contributed by atoms with Crippen LogP contribution in [0.2, 0.25) is 5.02 Å². The predicted octanol–water partition coefficient (Wildman–Crippen LogP) is 6.40. The van der Waals surface area contributed by atoms with Crippen LogP contribution < -0.4 is 14.8 Å². The number of hydrogen-bond donors (Lipinski definition) is 2. The normalized spacial score (nSPS) is 11.1. The maximum absolute atomic E-state index is 12.7. The van der Waals surface area contributed by atoms with E-state index in [1.165, 1.54) is 13.8 Å². The van der Waals surface area contributed by atoms with Crippen molar-refractivity contribution in [1.29, 1.82) is 0 Å². The summed E-state index contributed by atoms with van der Waals surface area (Å²) in [4.78, 5) is 24.0. The highest BCUT2D eigenvalue weighted by molar-refractivity contribution is 6.31. The quantitative estimate of drug-likeness (QED) is 0.276. The zero-order chi connectivity index (χ0) is 26.1. The molecule has 0 heterocycles. The number of carboxylic acid groups (broad SMARTS) is 1. The van der Waals surface area contributed by atoms with Crippen LogP contribution in [0.3, 0.4) is 0 Å². The maximum atomic E-state index is 12.7. The van der Waals surface area contributed by atoms with Crippen molar-refractivity contribution in [2.45, 2.75) is 45.6 Å². The lowest BCUT2D eigenvalue weighted by molar-refractivity contribution is -0.152. The van der Waals surface area contributed by atoms with Gasteiger partial charge in [-0.1, -0.05) is 61.3 Å². The van der Waals surface area contributed by atoms with E-state index in [0.29, 0.717) is 41.7 Å². The minimum absolute atomic E-state index is 0.214. The molecule has 0 atom stereocenters. The van der Waals surface area contributed by atoms with Crippen molar-refractivity contribution >= 4 is 23.5 Å². The van der Waals surface area contributed by atoms with Gasteiger partial charge in [0.15, 0.2) is 5.60 Å². The van der Waals surface area contributed by atoms with Crippen LogP contribution in [0.25, 0.3) is 11.1 Å². The number of rotatable bonds is 12. The van der Waals surface area contributed by atoms with E-state index in [0.717, 1.165) is 29.5 Å². The third-order valence-electron chi connectivity index (χ3n) is 5.67. The average Bonchev–Trinajstić information content (AvgIpc) is 2.85. The number of amides is 1. The van der Waals surface area contributed by atoms with Crippen LogP contribution in [0.5, 0.6) is 11.5 Å². The molecule has 0 aliphatic carbocycles. The van der Waals surface area contributed by atoms with Crippen LogP contribution in [0.15, 0.2) is 66.7 Å². The van der Waals surface area contributed by atoms with E-state index in [1.54, 1.807) is 30.3 Å². The van der Waals surface area contributed by atoms with Crippen molar-refractivity contribution in [2.24, 2.45) is 0 Å². The number of unbranched alkanes of at least 4 members (excludes halogenated alkanes) is 1. The number of nitrogens with one attached hydrogen (secondary N) is 1. The molecule has 3 aromatic carbocycles. The van der Waals surface area contributed by atoms with E-state index >= 15 is 0 Å². The van der Waals surface area contributed by atoms with E-state index < -0.39 is 11.6 Å². The fraction of sp³-hybridized carbons (Fsp3) is 0.310. The Morgan fingerprint density at radius 2 is 1.61 bits per heavy atom. The molecule has 0 fully saturated rings. The maximum Gasteiger partial charge on any atom is 0.347 e. The first-order valence-electron chi connectivity index (χ1n) is 12.0. The Morgan fingerprint density at radius 3 is 2.22 bits per heavy atom. The van der Waals surface area contributed by atoms with Crippen LogP contribution in [-0.4, -0.2) is 35.7 Å². The van der Waals surface area contributed by atoms with Gasteiger partial charge in [-0.15, -0.1) is 0 Å². The number of carbonyl (C=O) groups is 2. The molecule has 190 valence electrons. The Kier molecular flexibility index (Phi) is 9.37. The van der Waals surface area contributed by atoms with Crippen molar-refractivity contribution < 1.29 is 24.2 Å². The Balaban J connectivity index is 1.55. The molecular formula is C29H32ClNO5. The van der Waals surface area contributed by atoms with Gasteiger partial charge >= 0.3 is 5.97 Å². The summed E-state index contributed by atoms with van der Waals surface area (Å²) < 4.78 is 11.3. The summed E-state index contributed by atoms with van der Waals surface area (Å²) in [6.07, 6.45) is 2.61. The zero-order valence-electron chi connectivity index (χ0n) is 20.8. The zero-order valence-corrected chi connectivity index (χ0v) is 21.6. The first kappa shape index (κ1) is 27.1. The summed E-state index contributed by atoms with van der Waals surface area (Å²) in [7, 11) is 0. The highest BCUT2D eigenvalue weighted by Crippen LogP contribution is 2.26.